The summed E-state index contributed by atoms with van der Waals surface area (Å²) in [6.07, 6.45) is 6.37. The minimum atomic E-state index is -0.108. The van der Waals surface area contributed by atoms with Crippen molar-refractivity contribution in [3.8, 4) is 0 Å². The predicted molar refractivity (Wildman–Crippen MR) is 88.5 cm³/mol. The van der Waals surface area contributed by atoms with Crippen molar-refractivity contribution in [2.75, 3.05) is 24.5 Å². The Bertz CT molecular complexity index is 793. The van der Waals surface area contributed by atoms with Gasteiger partial charge in [-0.15, -0.1) is 0 Å². The van der Waals surface area contributed by atoms with Gasteiger partial charge in [0.1, 0.15) is 5.69 Å². The summed E-state index contributed by atoms with van der Waals surface area (Å²) in [7, 11) is 3.71. The molecule has 2 fully saturated rings. The molecule has 0 bridgehead atoms. The van der Waals surface area contributed by atoms with Gasteiger partial charge in [0.05, 0.1) is 17.8 Å². The number of aromatic nitrogens is 3. The van der Waals surface area contributed by atoms with Gasteiger partial charge in [-0.2, -0.15) is 5.10 Å². The number of piperidine rings is 1. The highest BCUT2D eigenvalue weighted by Crippen LogP contribution is 2.34. The first-order chi connectivity index (χ1) is 11.5. The minimum Gasteiger partial charge on any atom is -0.347 e. The Hall–Kier alpha value is -2.57. The summed E-state index contributed by atoms with van der Waals surface area (Å²) in [6.45, 7) is 1.86. The quantitative estimate of drug-likeness (QED) is 0.823. The molecular weight excluding hydrogens is 306 g/mol. The molecule has 0 aliphatic carbocycles. The van der Waals surface area contributed by atoms with Gasteiger partial charge in [-0.05, 0) is 24.5 Å². The predicted octanol–water partition coefficient (Wildman–Crippen LogP) is 0.884. The lowest BCUT2D eigenvalue weighted by molar-refractivity contribution is -0.124. The lowest BCUT2D eigenvalue weighted by Crippen LogP contribution is -2.45. The van der Waals surface area contributed by atoms with E-state index >= 15 is 0 Å². The third-order valence-corrected chi connectivity index (χ3v) is 5.20. The van der Waals surface area contributed by atoms with E-state index in [2.05, 4.69) is 5.10 Å². The van der Waals surface area contributed by atoms with E-state index in [1.54, 1.807) is 10.9 Å². The highest BCUT2D eigenvalue weighted by molar-refractivity contribution is 5.98. The van der Waals surface area contributed by atoms with Gasteiger partial charge in [0.25, 0.3) is 5.91 Å². The first-order valence-electron chi connectivity index (χ1n) is 8.25. The Kier molecular flexibility index (Phi) is 3.44. The zero-order valence-electron chi connectivity index (χ0n) is 13.9. The number of amides is 2. The fraction of sp³-hybridized carbons (Fsp3) is 0.471. The Morgan fingerprint density at radius 1 is 1.29 bits per heavy atom. The molecule has 4 rings (SSSR count). The Morgan fingerprint density at radius 2 is 2.12 bits per heavy atom. The molecule has 7 heteroatoms. The van der Waals surface area contributed by atoms with Crippen LogP contribution in [0.25, 0.3) is 0 Å². The van der Waals surface area contributed by atoms with Crippen LogP contribution in [-0.2, 0) is 18.9 Å². The maximum absolute atomic E-state index is 12.9. The van der Waals surface area contributed by atoms with Crippen molar-refractivity contribution in [3.05, 3.63) is 36.4 Å². The van der Waals surface area contributed by atoms with Crippen LogP contribution in [0.15, 0.2) is 30.7 Å². The van der Waals surface area contributed by atoms with Crippen molar-refractivity contribution in [1.82, 2.24) is 19.2 Å². The molecule has 4 heterocycles. The monoisotopic (exact) mass is 327 g/mol. The highest BCUT2D eigenvalue weighted by Gasteiger charge is 2.45. The normalized spacial score (nSPS) is 23.7. The maximum atomic E-state index is 12.9. The fourth-order valence-electron chi connectivity index (χ4n) is 3.86. The SMILES string of the molecule is Cn1cc(N2CC[C@@H]3CN(C(=O)c4cccn4C)C[C@H]3C2=O)cn1. The van der Waals surface area contributed by atoms with Gasteiger partial charge in [-0.1, -0.05) is 0 Å². The number of aryl methyl sites for hydroxylation is 2. The molecule has 24 heavy (non-hydrogen) atoms. The van der Waals surface area contributed by atoms with E-state index in [9.17, 15) is 9.59 Å². The zero-order valence-corrected chi connectivity index (χ0v) is 13.9. The standard InChI is InChI=1S/C17H21N5O2/c1-19-6-3-4-15(19)17(24)21-9-12-5-7-22(16(23)14(12)11-21)13-8-18-20(2)10-13/h3-4,6,8,10,12,14H,5,7,9,11H2,1-2H3/t12-,14-/m1/s1. The number of rotatable bonds is 2. The third kappa shape index (κ3) is 2.31. The number of likely N-dealkylation sites (tertiary alicyclic amines) is 1. The first-order valence-corrected chi connectivity index (χ1v) is 8.25. The van der Waals surface area contributed by atoms with Crippen LogP contribution >= 0.6 is 0 Å². The van der Waals surface area contributed by atoms with Crippen molar-refractivity contribution in [3.63, 3.8) is 0 Å². The van der Waals surface area contributed by atoms with Gasteiger partial charge in [-0.3, -0.25) is 14.3 Å². The molecule has 2 atom stereocenters. The summed E-state index contributed by atoms with van der Waals surface area (Å²) < 4.78 is 3.53. The minimum absolute atomic E-state index is 0.0117. The molecule has 0 saturated carbocycles. The van der Waals surface area contributed by atoms with Crippen molar-refractivity contribution >= 4 is 17.5 Å². The second-order valence-electron chi connectivity index (χ2n) is 6.73. The lowest BCUT2D eigenvalue weighted by Gasteiger charge is -2.32. The van der Waals surface area contributed by atoms with Gasteiger partial charge in [-0.25, -0.2) is 0 Å². The van der Waals surface area contributed by atoms with Crippen LogP contribution in [0, 0.1) is 11.8 Å². The van der Waals surface area contributed by atoms with E-state index in [-0.39, 0.29) is 23.7 Å². The van der Waals surface area contributed by atoms with Crippen molar-refractivity contribution in [2.45, 2.75) is 6.42 Å². The molecule has 2 aromatic rings. The topological polar surface area (TPSA) is 63.4 Å². The smallest absolute Gasteiger partial charge is 0.270 e. The summed E-state index contributed by atoms with van der Waals surface area (Å²) in [6, 6.07) is 3.69. The van der Waals surface area contributed by atoms with Crippen molar-refractivity contribution < 1.29 is 9.59 Å². The molecular formula is C17H21N5O2. The Labute approximate surface area is 140 Å². The molecule has 2 aliphatic heterocycles. The van der Waals surface area contributed by atoms with E-state index in [0.29, 0.717) is 25.3 Å². The van der Waals surface area contributed by atoms with E-state index < -0.39 is 0 Å². The van der Waals surface area contributed by atoms with E-state index in [0.717, 1.165) is 12.1 Å². The van der Waals surface area contributed by atoms with Crippen LogP contribution in [0.4, 0.5) is 5.69 Å². The van der Waals surface area contributed by atoms with Gasteiger partial charge < -0.3 is 14.4 Å². The van der Waals surface area contributed by atoms with E-state index in [1.807, 2.05) is 53.0 Å². The summed E-state index contributed by atoms with van der Waals surface area (Å²) >= 11 is 0. The first kappa shape index (κ1) is 15.0. The third-order valence-electron chi connectivity index (χ3n) is 5.20. The van der Waals surface area contributed by atoms with Gasteiger partial charge in [0, 0.05) is 46.1 Å². The fourth-order valence-corrected chi connectivity index (χ4v) is 3.86. The second-order valence-corrected chi connectivity index (χ2v) is 6.73. The van der Waals surface area contributed by atoms with Crippen molar-refractivity contribution in [2.24, 2.45) is 25.9 Å². The van der Waals surface area contributed by atoms with Crippen LogP contribution in [0.3, 0.4) is 0 Å². The molecule has 2 amide bonds. The number of nitrogens with zero attached hydrogens (tertiary/aromatic N) is 5. The highest BCUT2D eigenvalue weighted by atomic mass is 16.2. The van der Waals surface area contributed by atoms with Gasteiger partial charge in [0.15, 0.2) is 0 Å². The molecule has 0 radical (unpaired) electrons. The molecule has 126 valence electrons. The van der Waals surface area contributed by atoms with E-state index in [1.165, 1.54) is 0 Å². The zero-order chi connectivity index (χ0) is 16.8. The summed E-state index contributed by atoms with van der Waals surface area (Å²) in [5.41, 5.74) is 1.51. The summed E-state index contributed by atoms with van der Waals surface area (Å²) in [4.78, 5) is 29.2. The Morgan fingerprint density at radius 3 is 2.79 bits per heavy atom. The number of carbonyl (C=O) groups excluding carboxylic acids is 2. The molecule has 0 spiro atoms. The van der Waals surface area contributed by atoms with Crippen LogP contribution in [0.5, 0.6) is 0 Å². The molecule has 0 aromatic carbocycles. The van der Waals surface area contributed by atoms with Crippen molar-refractivity contribution in [1.29, 1.82) is 0 Å². The molecule has 0 N–H and O–H groups in total. The number of hydrogen-bond donors (Lipinski definition) is 0. The van der Waals surface area contributed by atoms with Crippen LogP contribution in [0.1, 0.15) is 16.9 Å². The van der Waals surface area contributed by atoms with E-state index in [4.69, 9.17) is 0 Å². The molecule has 7 nitrogen and oxygen atoms in total. The van der Waals surface area contributed by atoms with Crippen LogP contribution < -0.4 is 4.90 Å². The average Bonchev–Trinajstić information content (AvgIpc) is 3.26. The van der Waals surface area contributed by atoms with Crippen LogP contribution in [-0.4, -0.2) is 50.7 Å². The van der Waals surface area contributed by atoms with Gasteiger partial charge in [0.2, 0.25) is 5.91 Å². The molecule has 2 aliphatic rings. The Balaban J connectivity index is 1.52. The summed E-state index contributed by atoms with van der Waals surface area (Å²) in [5, 5.41) is 4.15. The number of fused-ring (bicyclic) bond motifs is 1. The van der Waals surface area contributed by atoms with Crippen LogP contribution in [0.2, 0.25) is 0 Å². The number of anilines is 1. The van der Waals surface area contributed by atoms with Gasteiger partial charge >= 0.3 is 0 Å². The second kappa shape index (κ2) is 5.51. The average molecular weight is 327 g/mol. The molecule has 2 saturated heterocycles. The lowest BCUT2D eigenvalue weighted by atomic mass is 9.88. The number of carbonyl (C=O) groups is 2. The molecule has 0 unspecified atom stereocenters. The molecule has 2 aromatic heterocycles. The number of hydrogen-bond acceptors (Lipinski definition) is 3. The summed E-state index contributed by atoms with van der Waals surface area (Å²) in [5.74, 6) is 0.275. The maximum Gasteiger partial charge on any atom is 0.270 e. The largest absolute Gasteiger partial charge is 0.347 e.